The Labute approximate surface area is 350 Å². The van der Waals surface area contributed by atoms with Gasteiger partial charge in [-0.05, 0) is 104 Å². The first-order valence-electron chi connectivity index (χ1n) is 20.5. The van der Waals surface area contributed by atoms with E-state index in [1.54, 1.807) is 11.0 Å². The predicted octanol–water partition coefficient (Wildman–Crippen LogP) is 9.43. The number of nitrogens with zero attached hydrogens (tertiary/aromatic N) is 6. The van der Waals surface area contributed by atoms with Gasteiger partial charge in [-0.25, -0.2) is 9.97 Å². The number of benzene rings is 5. The molecule has 1 spiro atoms. The third kappa shape index (κ3) is 7.05. The summed E-state index contributed by atoms with van der Waals surface area (Å²) < 4.78 is 44.6. The van der Waals surface area contributed by atoms with E-state index in [-0.39, 0.29) is 17.9 Å². The number of halogens is 2. The zero-order chi connectivity index (χ0) is 42.0. The highest BCUT2D eigenvalue weighted by molar-refractivity contribution is 5.86. The number of rotatable bonds is 11. The molecule has 11 nitrogen and oxygen atoms in total. The number of fused-ring (bicyclic) bond motifs is 2. The van der Waals surface area contributed by atoms with Crippen molar-refractivity contribution in [2.75, 3.05) is 37.6 Å². The van der Waals surface area contributed by atoms with Crippen LogP contribution in [0.3, 0.4) is 0 Å². The van der Waals surface area contributed by atoms with Gasteiger partial charge in [-0.2, -0.15) is 14.0 Å². The van der Waals surface area contributed by atoms with Crippen LogP contribution in [0.25, 0.3) is 56.2 Å². The van der Waals surface area contributed by atoms with Crippen LogP contribution in [0.4, 0.5) is 14.5 Å². The number of hydrogen-bond donors (Lipinski definition) is 1. The van der Waals surface area contributed by atoms with Gasteiger partial charge in [0.1, 0.15) is 28.9 Å². The molecule has 0 radical (unpaired) electrons. The van der Waals surface area contributed by atoms with Crippen molar-refractivity contribution in [1.29, 1.82) is 5.26 Å². The van der Waals surface area contributed by atoms with Crippen molar-refractivity contribution in [3.63, 3.8) is 0 Å². The van der Waals surface area contributed by atoms with Crippen molar-refractivity contribution in [3.8, 4) is 45.9 Å². The Morgan fingerprint density at radius 3 is 2.21 bits per heavy atom. The first kappa shape index (κ1) is 38.6. The molecule has 10 rings (SSSR count). The Kier molecular flexibility index (Phi) is 9.57. The minimum atomic E-state index is -3.07. The Hall–Kier alpha value is -6.62. The summed E-state index contributed by atoms with van der Waals surface area (Å²) in [5.41, 5.74) is 10.5. The third-order valence-electron chi connectivity index (χ3n) is 12.6. The first-order valence-corrected chi connectivity index (χ1v) is 20.5. The number of nitriles is 1. The van der Waals surface area contributed by atoms with Gasteiger partial charge >= 0.3 is 12.6 Å². The summed E-state index contributed by atoms with van der Waals surface area (Å²) in [4.78, 5) is 28.2. The molecule has 0 amide bonds. The fourth-order valence-corrected chi connectivity index (χ4v) is 9.71. The number of aromatic nitrogens is 2. The van der Waals surface area contributed by atoms with E-state index in [9.17, 15) is 23.9 Å². The molecule has 7 aromatic rings. The van der Waals surface area contributed by atoms with Gasteiger partial charge in [-0.15, -0.1) is 0 Å². The summed E-state index contributed by atoms with van der Waals surface area (Å²) >= 11 is 0. The van der Waals surface area contributed by atoms with Gasteiger partial charge in [0.15, 0.2) is 11.2 Å². The van der Waals surface area contributed by atoms with Gasteiger partial charge < -0.3 is 23.6 Å². The summed E-state index contributed by atoms with van der Waals surface area (Å²) in [5, 5.41) is 19.9. The number of carboxylic acid groups (broad SMARTS) is 1. The summed E-state index contributed by atoms with van der Waals surface area (Å²) in [6, 6.07) is 30.9. The summed E-state index contributed by atoms with van der Waals surface area (Å²) in [5.74, 6) is -0.288. The van der Waals surface area contributed by atoms with Gasteiger partial charge in [-0.3, -0.25) is 14.6 Å². The van der Waals surface area contributed by atoms with Crippen LogP contribution in [0.1, 0.15) is 40.7 Å². The van der Waals surface area contributed by atoms with Crippen molar-refractivity contribution in [2.45, 2.75) is 52.4 Å². The highest BCUT2D eigenvalue weighted by Gasteiger charge is 2.51. The second-order valence-electron chi connectivity index (χ2n) is 16.7. The molecule has 3 aliphatic rings. The second-order valence-corrected chi connectivity index (χ2v) is 16.7. The van der Waals surface area contributed by atoms with E-state index in [1.165, 1.54) is 11.8 Å². The molecule has 308 valence electrons. The average Bonchev–Trinajstić information content (AvgIpc) is 3.97. The Morgan fingerprint density at radius 2 is 1.54 bits per heavy atom. The van der Waals surface area contributed by atoms with E-state index >= 15 is 0 Å². The number of para-hydroxylation sites is 1. The molecule has 0 bridgehead atoms. The molecule has 1 atom stereocenters. The molecule has 0 saturated carbocycles. The molecule has 2 aromatic heterocycles. The van der Waals surface area contributed by atoms with Gasteiger partial charge in [0.2, 0.25) is 11.8 Å². The SMILES string of the molecule is Cc1c(-c2nc3cc(CN4CCC[C@H]4C(=O)O)c(OC(F)F)cc3o2)cccc1-c1cccc(-c2nc3cc(CN4CC5(C4)CN(c4ccccc4)C5)cc(C#N)c3o2)c1C. The Balaban J connectivity index is 0.907. The molecular formula is C48H42F2N6O5. The third-order valence-corrected chi connectivity index (χ3v) is 12.6. The fourth-order valence-electron chi connectivity index (χ4n) is 9.71. The van der Waals surface area contributed by atoms with E-state index in [0.717, 1.165) is 66.1 Å². The average molecular weight is 821 g/mol. The maximum Gasteiger partial charge on any atom is 0.387 e. The molecule has 3 saturated heterocycles. The topological polar surface area (TPSA) is 132 Å². The first-order chi connectivity index (χ1) is 29.5. The number of alkyl halides is 2. The van der Waals surface area contributed by atoms with Gasteiger partial charge in [0.05, 0.1) is 5.56 Å². The maximum atomic E-state index is 13.6. The Morgan fingerprint density at radius 1 is 0.869 bits per heavy atom. The molecule has 61 heavy (non-hydrogen) atoms. The molecule has 3 aliphatic heterocycles. The van der Waals surface area contributed by atoms with Crippen LogP contribution in [0, 0.1) is 30.6 Å². The monoisotopic (exact) mass is 820 g/mol. The van der Waals surface area contributed by atoms with Crippen LogP contribution < -0.4 is 9.64 Å². The lowest BCUT2D eigenvalue weighted by Crippen LogP contribution is -2.71. The van der Waals surface area contributed by atoms with E-state index in [0.29, 0.717) is 69.9 Å². The number of hydrogen-bond acceptors (Lipinski definition) is 10. The molecule has 0 unspecified atom stereocenters. The lowest BCUT2D eigenvalue weighted by Gasteiger charge is -2.61. The summed E-state index contributed by atoms with van der Waals surface area (Å²) in [6.07, 6.45) is 1.19. The highest BCUT2D eigenvalue weighted by atomic mass is 19.3. The number of ether oxygens (including phenoxy) is 1. The van der Waals surface area contributed by atoms with Crippen molar-refractivity contribution in [3.05, 3.63) is 119 Å². The number of oxazole rings is 2. The van der Waals surface area contributed by atoms with E-state index in [1.807, 2.05) is 68.4 Å². The van der Waals surface area contributed by atoms with Crippen LogP contribution in [-0.4, -0.2) is 76.2 Å². The van der Waals surface area contributed by atoms with Crippen molar-refractivity contribution in [2.24, 2.45) is 5.41 Å². The quantitative estimate of drug-likeness (QED) is 0.134. The standard InChI is InChI=1S/C48H42F2N6O5/c1-28-34(11-6-13-36(28)44-52-38-19-32(23-55-16-8-15-40(55)46(57)58)41(60-47(49)50)20-42(38)59-44)35-12-7-14-37(29(35)2)45-53-39-18-30(17-31(21-51)43(39)61-45)22-54-24-48(25-54)26-56(27-48)33-9-4-3-5-10-33/h3-7,9-14,17-20,40,47H,8,15-16,22-27H2,1-2H3,(H,57,58)/t40-/m0/s1. The molecule has 5 aromatic carbocycles. The van der Waals surface area contributed by atoms with Gasteiger partial charge in [-0.1, -0.05) is 42.5 Å². The minimum absolute atomic E-state index is 0.0783. The molecule has 13 heteroatoms. The maximum absolute atomic E-state index is 13.6. The van der Waals surface area contributed by atoms with Crippen molar-refractivity contribution >= 4 is 33.9 Å². The van der Waals surface area contributed by atoms with Gasteiger partial charge in [0.25, 0.3) is 0 Å². The van der Waals surface area contributed by atoms with Crippen LogP contribution in [0.15, 0.2) is 99.8 Å². The largest absolute Gasteiger partial charge is 0.480 e. The number of aliphatic carboxylic acids is 1. The summed E-state index contributed by atoms with van der Waals surface area (Å²) in [6.45, 7) is 6.47. The number of carbonyl (C=O) groups is 1. The highest BCUT2D eigenvalue weighted by Crippen LogP contribution is 2.43. The predicted molar refractivity (Wildman–Crippen MR) is 226 cm³/mol. The van der Waals surface area contributed by atoms with Crippen LogP contribution in [-0.2, 0) is 17.9 Å². The van der Waals surface area contributed by atoms with Crippen molar-refractivity contribution < 1.29 is 32.3 Å². The number of carboxylic acids is 1. The normalized spacial score (nSPS) is 17.6. The molecule has 3 fully saturated rings. The van der Waals surface area contributed by atoms with Gasteiger partial charge in [0, 0.05) is 73.1 Å². The molecule has 0 aliphatic carbocycles. The second kappa shape index (κ2) is 15.1. The molecule has 1 N–H and O–H groups in total. The zero-order valence-corrected chi connectivity index (χ0v) is 33.7. The van der Waals surface area contributed by atoms with Crippen LogP contribution in [0.5, 0.6) is 5.75 Å². The van der Waals surface area contributed by atoms with Crippen LogP contribution in [0.2, 0.25) is 0 Å². The Bertz CT molecular complexity index is 2870. The van der Waals surface area contributed by atoms with E-state index in [2.05, 4.69) is 40.1 Å². The zero-order valence-electron chi connectivity index (χ0n) is 33.7. The smallest absolute Gasteiger partial charge is 0.387 e. The minimum Gasteiger partial charge on any atom is -0.480 e. The van der Waals surface area contributed by atoms with Crippen molar-refractivity contribution in [1.82, 2.24) is 19.8 Å². The van der Waals surface area contributed by atoms with Crippen LogP contribution >= 0.6 is 0 Å². The summed E-state index contributed by atoms with van der Waals surface area (Å²) in [7, 11) is 0. The molecule has 5 heterocycles. The van der Waals surface area contributed by atoms with E-state index < -0.39 is 18.6 Å². The lowest BCUT2D eigenvalue weighted by atomic mass is 9.72. The number of anilines is 1. The van der Waals surface area contributed by atoms with E-state index in [4.69, 9.17) is 23.5 Å². The molecular weight excluding hydrogens is 779 g/mol. The fraction of sp³-hybridized carbons (Fsp3) is 0.292. The number of likely N-dealkylation sites (tertiary alicyclic amines) is 2. The lowest BCUT2D eigenvalue weighted by molar-refractivity contribution is -0.142.